The first kappa shape index (κ1) is 13.3. The van der Waals surface area contributed by atoms with E-state index in [9.17, 15) is 13.2 Å². The number of hydrogen-bond donors (Lipinski definition) is 1. The number of thioether (sulfide) groups is 1. The van der Waals surface area contributed by atoms with Crippen LogP contribution in [0.1, 0.15) is 12.6 Å². The molecule has 0 amide bonds. The maximum Gasteiger partial charge on any atom is 0.433 e. The van der Waals surface area contributed by atoms with Gasteiger partial charge in [0.05, 0.1) is 17.6 Å². The van der Waals surface area contributed by atoms with Gasteiger partial charge in [0.15, 0.2) is 0 Å². The number of nitrogens with zero attached hydrogens (tertiary/aromatic N) is 2. The van der Waals surface area contributed by atoms with Crippen molar-refractivity contribution in [3.63, 3.8) is 0 Å². The Morgan fingerprint density at radius 2 is 2.22 bits per heavy atom. The van der Waals surface area contributed by atoms with Crippen LogP contribution in [0.15, 0.2) is 12.3 Å². The average Bonchev–Trinajstić information content (AvgIpc) is 2.28. The smallest absolute Gasteiger partial charge is 0.396 e. The largest absolute Gasteiger partial charge is 0.433 e. The molecule has 0 saturated carbocycles. The topological polar surface area (TPSA) is 42.2 Å². The van der Waals surface area contributed by atoms with Gasteiger partial charge < -0.3 is 10.6 Å². The lowest BCUT2D eigenvalue weighted by Gasteiger charge is -2.33. The Bertz CT molecular complexity index is 436. The molecule has 1 fully saturated rings. The average molecular weight is 277 g/mol. The van der Waals surface area contributed by atoms with Gasteiger partial charge in [-0.1, -0.05) is 6.92 Å². The lowest BCUT2D eigenvalue weighted by atomic mass is 10.2. The van der Waals surface area contributed by atoms with Crippen LogP contribution in [0.2, 0.25) is 0 Å². The summed E-state index contributed by atoms with van der Waals surface area (Å²) >= 11 is 1.81. The van der Waals surface area contributed by atoms with Crippen molar-refractivity contribution in [1.29, 1.82) is 0 Å². The summed E-state index contributed by atoms with van der Waals surface area (Å²) in [5.74, 6) is 0.893. The fourth-order valence-electron chi connectivity index (χ4n) is 1.92. The molecule has 0 aromatic carbocycles. The van der Waals surface area contributed by atoms with Crippen LogP contribution in [0.4, 0.5) is 24.5 Å². The van der Waals surface area contributed by atoms with Gasteiger partial charge in [-0.05, 0) is 6.07 Å². The second kappa shape index (κ2) is 4.87. The number of hydrogen-bond acceptors (Lipinski definition) is 4. The van der Waals surface area contributed by atoms with Gasteiger partial charge in [0.2, 0.25) is 0 Å². The molecule has 0 spiro atoms. The molecular weight excluding hydrogens is 263 g/mol. The summed E-state index contributed by atoms with van der Waals surface area (Å²) in [6.07, 6.45) is -3.34. The molecule has 1 saturated heterocycles. The Kier molecular flexibility index (Phi) is 3.61. The lowest BCUT2D eigenvalue weighted by Crippen LogP contribution is -2.37. The van der Waals surface area contributed by atoms with Crippen LogP contribution < -0.4 is 10.6 Å². The summed E-state index contributed by atoms with van der Waals surface area (Å²) < 4.78 is 37.9. The predicted molar refractivity (Wildman–Crippen MR) is 67.8 cm³/mol. The molecule has 18 heavy (non-hydrogen) atoms. The molecule has 0 aliphatic carbocycles. The molecule has 2 rings (SSSR count). The summed E-state index contributed by atoms with van der Waals surface area (Å²) in [7, 11) is 0. The highest BCUT2D eigenvalue weighted by Gasteiger charge is 2.33. The second-order valence-electron chi connectivity index (χ2n) is 4.25. The molecule has 1 atom stereocenters. The Hall–Kier alpha value is -1.11. The Balaban J connectivity index is 2.31. The Morgan fingerprint density at radius 1 is 1.50 bits per heavy atom. The van der Waals surface area contributed by atoms with Gasteiger partial charge >= 0.3 is 6.18 Å². The van der Waals surface area contributed by atoms with E-state index in [1.807, 2.05) is 16.7 Å². The number of nitrogen functional groups attached to an aromatic ring is 1. The van der Waals surface area contributed by atoms with Gasteiger partial charge in [0, 0.05) is 24.1 Å². The second-order valence-corrected chi connectivity index (χ2v) is 5.80. The standard InChI is InChI=1S/C11H14F3N3S/c1-7-6-17(2-3-18-7)9-4-10(11(12,13)14)16-5-8(9)15/h4-5,7H,2-3,6,15H2,1H3. The summed E-state index contributed by atoms with van der Waals surface area (Å²) in [5, 5.41) is 0.389. The van der Waals surface area contributed by atoms with Crippen molar-refractivity contribution in [2.45, 2.75) is 18.3 Å². The van der Waals surface area contributed by atoms with Crippen LogP contribution in [0.3, 0.4) is 0 Å². The molecule has 7 heteroatoms. The van der Waals surface area contributed by atoms with Crippen molar-refractivity contribution in [3.05, 3.63) is 18.0 Å². The molecule has 0 bridgehead atoms. The highest BCUT2D eigenvalue weighted by Crippen LogP contribution is 2.34. The van der Waals surface area contributed by atoms with E-state index in [0.29, 0.717) is 29.7 Å². The Morgan fingerprint density at radius 3 is 2.83 bits per heavy atom. The lowest BCUT2D eigenvalue weighted by molar-refractivity contribution is -0.141. The first-order chi connectivity index (χ1) is 8.38. The van der Waals surface area contributed by atoms with Crippen molar-refractivity contribution in [2.75, 3.05) is 29.5 Å². The fourth-order valence-corrected chi connectivity index (χ4v) is 2.93. The van der Waals surface area contributed by atoms with E-state index in [0.717, 1.165) is 18.0 Å². The number of nitrogens with two attached hydrogens (primary N) is 1. The third kappa shape index (κ3) is 2.82. The van der Waals surface area contributed by atoms with Crippen LogP contribution in [-0.4, -0.2) is 29.1 Å². The number of anilines is 2. The quantitative estimate of drug-likeness (QED) is 0.857. The van der Waals surface area contributed by atoms with Gasteiger partial charge in [0.25, 0.3) is 0 Å². The predicted octanol–water partition coefficient (Wildman–Crippen LogP) is 2.62. The molecule has 2 N–H and O–H groups in total. The van der Waals surface area contributed by atoms with Gasteiger partial charge in [0.1, 0.15) is 5.69 Å². The number of halogens is 3. The van der Waals surface area contributed by atoms with Crippen LogP contribution in [-0.2, 0) is 6.18 Å². The summed E-state index contributed by atoms with van der Waals surface area (Å²) in [6, 6.07) is 1.04. The highest BCUT2D eigenvalue weighted by molar-refractivity contribution is 8.00. The summed E-state index contributed by atoms with van der Waals surface area (Å²) in [4.78, 5) is 5.24. The molecular formula is C11H14F3N3S. The fraction of sp³-hybridized carbons (Fsp3) is 0.545. The number of pyridine rings is 1. The molecule has 1 aliphatic rings. The third-order valence-electron chi connectivity index (χ3n) is 2.78. The maximum absolute atomic E-state index is 12.6. The molecule has 1 unspecified atom stereocenters. The maximum atomic E-state index is 12.6. The zero-order chi connectivity index (χ0) is 13.3. The molecule has 2 heterocycles. The third-order valence-corrected chi connectivity index (χ3v) is 3.92. The SMILES string of the molecule is CC1CN(c2cc(C(F)(F)F)ncc2N)CCS1. The molecule has 1 aromatic rings. The molecule has 100 valence electrons. The molecule has 3 nitrogen and oxygen atoms in total. The molecule has 0 radical (unpaired) electrons. The van der Waals surface area contributed by atoms with Crippen LogP contribution >= 0.6 is 11.8 Å². The van der Waals surface area contributed by atoms with E-state index in [1.165, 1.54) is 0 Å². The number of alkyl halides is 3. The summed E-state index contributed by atoms with van der Waals surface area (Å²) in [5.41, 5.74) is 5.57. The molecule has 1 aromatic heterocycles. The van der Waals surface area contributed by atoms with E-state index in [1.54, 1.807) is 0 Å². The highest BCUT2D eigenvalue weighted by atomic mass is 32.2. The number of aromatic nitrogens is 1. The van der Waals surface area contributed by atoms with E-state index in [2.05, 4.69) is 11.9 Å². The summed E-state index contributed by atoms with van der Waals surface area (Å²) in [6.45, 7) is 3.47. The number of rotatable bonds is 1. The van der Waals surface area contributed by atoms with E-state index >= 15 is 0 Å². The van der Waals surface area contributed by atoms with Gasteiger partial charge in [-0.25, -0.2) is 4.98 Å². The van der Waals surface area contributed by atoms with Crippen molar-refractivity contribution in [1.82, 2.24) is 4.98 Å². The van der Waals surface area contributed by atoms with Crippen molar-refractivity contribution in [3.8, 4) is 0 Å². The minimum Gasteiger partial charge on any atom is -0.396 e. The minimum atomic E-state index is -4.43. The van der Waals surface area contributed by atoms with Crippen molar-refractivity contribution >= 4 is 23.1 Å². The zero-order valence-electron chi connectivity index (χ0n) is 9.87. The molecule has 1 aliphatic heterocycles. The van der Waals surface area contributed by atoms with E-state index in [-0.39, 0.29) is 0 Å². The van der Waals surface area contributed by atoms with Gasteiger partial charge in [-0.2, -0.15) is 24.9 Å². The first-order valence-corrected chi connectivity index (χ1v) is 6.62. The van der Waals surface area contributed by atoms with Crippen molar-refractivity contribution < 1.29 is 13.2 Å². The van der Waals surface area contributed by atoms with E-state index in [4.69, 9.17) is 5.73 Å². The Labute approximate surface area is 108 Å². The van der Waals surface area contributed by atoms with Gasteiger partial charge in [-0.15, -0.1) is 0 Å². The van der Waals surface area contributed by atoms with Crippen LogP contribution in [0.5, 0.6) is 0 Å². The van der Waals surface area contributed by atoms with Gasteiger partial charge in [-0.3, -0.25) is 0 Å². The minimum absolute atomic E-state index is 0.294. The monoisotopic (exact) mass is 277 g/mol. The van der Waals surface area contributed by atoms with Crippen LogP contribution in [0.25, 0.3) is 0 Å². The van der Waals surface area contributed by atoms with Crippen molar-refractivity contribution in [2.24, 2.45) is 0 Å². The normalized spacial score (nSPS) is 21.1. The van der Waals surface area contributed by atoms with E-state index < -0.39 is 11.9 Å². The zero-order valence-corrected chi connectivity index (χ0v) is 10.7. The first-order valence-electron chi connectivity index (χ1n) is 5.57. The van der Waals surface area contributed by atoms with Crippen LogP contribution in [0, 0.1) is 0 Å².